The van der Waals surface area contributed by atoms with Crippen molar-refractivity contribution in [2.24, 2.45) is 0 Å². The largest absolute Gasteiger partial charge is 0.494 e. The lowest BCUT2D eigenvalue weighted by Crippen LogP contribution is -2.34. The average molecular weight is 347 g/mol. The number of hydrogen-bond acceptors (Lipinski definition) is 4. The molecule has 0 unspecified atom stereocenters. The highest BCUT2D eigenvalue weighted by molar-refractivity contribution is 5.89. The van der Waals surface area contributed by atoms with Crippen LogP contribution in [0.3, 0.4) is 0 Å². The fourth-order valence-corrected chi connectivity index (χ4v) is 2.26. The van der Waals surface area contributed by atoms with Crippen molar-refractivity contribution in [2.75, 3.05) is 19.0 Å². The summed E-state index contributed by atoms with van der Waals surface area (Å²) < 4.78 is 18.6. The molecule has 0 aliphatic rings. The van der Waals surface area contributed by atoms with Gasteiger partial charge in [0.2, 0.25) is 0 Å². The monoisotopic (exact) mass is 347 g/mol. The van der Waals surface area contributed by atoms with E-state index in [0.29, 0.717) is 17.8 Å². The van der Waals surface area contributed by atoms with Crippen LogP contribution in [0, 0.1) is 15.9 Å². The molecule has 0 aromatic heterocycles. The van der Waals surface area contributed by atoms with E-state index in [1.165, 1.54) is 42.3 Å². The van der Waals surface area contributed by atoms with Gasteiger partial charge >= 0.3 is 6.03 Å². The number of non-ortho nitro benzene ring substituents is 1. The van der Waals surface area contributed by atoms with E-state index in [1.54, 1.807) is 19.1 Å². The SMILES string of the molecule is CCN(Cc1ccc(OC)c(F)c1)C(=O)Nc1cccc([N+](=O)[O-])c1. The summed E-state index contributed by atoms with van der Waals surface area (Å²) in [5, 5.41) is 13.4. The van der Waals surface area contributed by atoms with Crippen molar-refractivity contribution in [2.45, 2.75) is 13.5 Å². The number of methoxy groups -OCH3 is 1. The third-order valence-corrected chi connectivity index (χ3v) is 3.57. The molecule has 0 saturated heterocycles. The van der Waals surface area contributed by atoms with Gasteiger partial charge in [0.1, 0.15) is 0 Å². The van der Waals surface area contributed by atoms with Crippen LogP contribution in [-0.2, 0) is 6.54 Å². The van der Waals surface area contributed by atoms with Gasteiger partial charge in [-0.2, -0.15) is 0 Å². The van der Waals surface area contributed by atoms with E-state index < -0.39 is 16.8 Å². The number of anilines is 1. The summed E-state index contributed by atoms with van der Waals surface area (Å²) in [6, 6.07) is 9.71. The molecule has 0 heterocycles. The fourth-order valence-electron chi connectivity index (χ4n) is 2.26. The first-order valence-electron chi connectivity index (χ1n) is 7.57. The summed E-state index contributed by atoms with van der Waals surface area (Å²) in [6.07, 6.45) is 0. The molecule has 132 valence electrons. The van der Waals surface area contributed by atoms with Gasteiger partial charge in [-0.05, 0) is 30.7 Å². The standard InChI is InChI=1S/C17H18FN3O4/c1-3-20(11-12-7-8-16(25-2)15(18)9-12)17(22)19-13-5-4-6-14(10-13)21(23)24/h4-10H,3,11H2,1-2H3,(H,19,22). The van der Waals surface area contributed by atoms with Crippen LogP contribution in [0.2, 0.25) is 0 Å². The van der Waals surface area contributed by atoms with Crippen molar-refractivity contribution in [3.05, 3.63) is 64.0 Å². The molecule has 2 rings (SSSR count). The lowest BCUT2D eigenvalue weighted by molar-refractivity contribution is -0.384. The molecular weight excluding hydrogens is 329 g/mol. The molecule has 0 atom stereocenters. The van der Waals surface area contributed by atoms with E-state index in [4.69, 9.17) is 4.74 Å². The van der Waals surface area contributed by atoms with Crippen LogP contribution in [0.4, 0.5) is 20.6 Å². The topological polar surface area (TPSA) is 84.7 Å². The Morgan fingerprint density at radius 3 is 2.68 bits per heavy atom. The van der Waals surface area contributed by atoms with Gasteiger partial charge in [0, 0.05) is 30.9 Å². The van der Waals surface area contributed by atoms with E-state index in [1.807, 2.05) is 0 Å². The van der Waals surface area contributed by atoms with Crippen molar-refractivity contribution in [1.29, 1.82) is 0 Å². The van der Waals surface area contributed by atoms with Gasteiger partial charge in [-0.25, -0.2) is 9.18 Å². The highest BCUT2D eigenvalue weighted by atomic mass is 19.1. The molecule has 2 amide bonds. The molecule has 0 radical (unpaired) electrons. The summed E-state index contributed by atoms with van der Waals surface area (Å²) >= 11 is 0. The van der Waals surface area contributed by atoms with Crippen molar-refractivity contribution < 1.29 is 18.8 Å². The lowest BCUT2D eigenvalue weighted by atomic mass is 10.2. The predicted molar refractivity (Wildman–Crippen MR) is 91.2 cm³/mol. The number of nitro benzene ring substituents is 1. The Morgan fingerprint density at radius 2 is 2.08 bits per heavy atom. The highest BCUT2D eigenvalue weighted by Crippen LogP contribution is 2.20. The molecule has 0 fully saturated rings. The summed E-state index contributed by atoms with van der Waals surface area (Å²) in [4.78, 5) is 24.1. The Labute approximate surface area is 144 Å². The lowest BCUT2D eigenvalue weighted by Gasteiger charge is -2.21. The summed E-state index contributed by atoms with van der Waals surface area (Å²) in [7, 11) is 1.38. The number of hydrogen-bond donors (Lipinski definition) is 1. The molecule has 0 spiro atoms. The van der Waals surface area contributed by atoms with Gasteiger partial charge < -0.3 is 15.0 Å². The van der Waals surface area contributed by atoms with E-state index in [2.05, 4.69) is 5.32 Å². The number of ether oxygens (including phenoxy) is 1. The van der Waals surface area contributed by atoms with Crippen LogP contribution in [-0.4, -0.2) is 29.5 Å². The number of rotatable bonds is 6. The van der Waals surface area contributed by atoms with Crippen molar-refractivity contribution in [1.82, 2.24) is 4.90 Å². The second-order valence-corrected chi connectivity index (χ2v) is 5.22. The molecule has 0 aliphatic carbocycles. The van der Waals surface area contributed by atoms with Gasteiger partial charge in [-0.15, -0.1) is 0 Å². The number of nitrogens with one attached hydrogen (secondary N) is 1. The van der Waals surface area contributed by atoms with E-state index in [0.717, 1.165) is 0 Å². The first kappa shape index (κ1) is 18.2. The molecule has 2 aromatic carbocycles. The summed E-state index contributed by atoms with van der Waals surface area (Å²) in [5.41, 5.74) is 0.811. The van der Waals surface area contributed by atoms with Crippen LogP contribution in [0.1, 0.15) is 12.5 Å². The number of carbonyl (C=O) groups excluding carboxylic acids is 1. The zero-order valence-electron chi connectivity index (χ0n) is 13.9. The van der Waals surface area contributed by atoms with Gasteiger partial charge in [0.05, 0.1) is 12.0 Å². The van der Waals surface area contributed by atoms with Gasteiger partial charge in [0.25, 0.3) is 5.69 Å². The highest BCUT2D eigenvalue weighted by Gasteiger charge is 2.15. The molecule has 0 saturated carbocycles. The van der Waals surface area contributed by atoms with Gasteiger partial charge in [-0.3, -0.25) is 10.1 Å². The zero-order chi connectivity index (χ0) is 18.4. The van der Waals surface area contributed by atoms with Crippen LogP contribution in [0.15, 0.2) is 42.5 Å². The van der Waals surface area contributed by atoms with Crippen molar-refractivity contribution >= 4 is 17.4 Å². The molecule has 0 bridgehead atoms. The minimum absolute atomic E-state index is 0.113. The number of halogens is 1. The Morgan fingerprint density at radius 1 is 1.32 bits per heavy atom. The van der Waals surface area contributed by atoms with Crippen LogP contribution >= 0.6 is 0 Å². The first-order valence-corrected chi connectivity index (χ1v) is 7.57. The third-order valence-electron chi connectivity index (χ3n) is 3.57. The zero-order valence-corrected chi connectivity index (χ0v) is 13.9. The quantitative estimate of drug-likeness (QED) is 0.636. The van der Waals surface area contributed by atoms with Crippen molar-refractivity contribution in [3.63, 3.8) is 0 Å². The van der Waals surface area contributed by atoms with E-state index >= 15 is 0 Å². The van der Waals surface area contributed by atoms with Crippen molar-refractivity contribution in [3.8, 4) is 5.75 Å². The van der Waals surface area contributed by atoms with E-state index in [9.17, 15) is 19.3 Å². The van der Waals surface area contributed by atoms with Gasteiger partial charge in [0.15, 0.2) is 11.6 Å². The minimum Gasteiger partial charge on any atom is -0.494 e. The molecule has 8 heteroatoms. The number of urea groups is 1. The molecule has 0 aliphatic heterocycles. The third kappa shape index (κ3) is 4.66. The molecule has 25 heavy (non-hydrogen) atoms. The summed E-state index contributed by atoms with van der Waals surface area (Å²) in [5.74, 6) is -0.372. The normalized spacial score (nSPS) is 10.2. The Balaban J connectivity index is 2.09. The maximum atomic E-state index is 13.8. The molecule has 7 nitrogen and oxygen atoms in total. The summed E-state index contributed by atoms with van der Waals surface area (Å²) in [6.45, 7) is 2.36. The van der Waals surface area contributed by atoms with Gasteiger partial charge in [-0.1, -0.05) is 12.1 Å². The van der Waals surface area contributed by atoms with E-state index in [-0.39, 0.29) is 18.0 Å². The Kier molecular flexibility index (Phi) is 5.89. The minimum atomic E-state index is -0.534. The number of benzene rings is 2. The molecule has 1 N–H and O–H groups in total. The molecule has 2 aromatic rings. The maximum Gasteiger partial charge on any atom is 0.322 e. The molecular formula is C17H18FN3O4. The van der Waals surface area contributed by atoms with Crippen LogP contribution in [0.5, 0.6) is 5.75 Å². The number of amides is 2. The second kappa shape index (κ2) is 8.09. The smallest absolute Gasteiger partial charge is 0.322 e. The number of carbonyl (C=O) groups is 1. The Bertz CT molecular complexity index is 782. The van der Waals surface area contributed by atoms with Crippen LogP contribution < -0.4 is 10.1 Å². The number of nitro groups is 1. The predicted octanol–water partition coefficient (Wildman–Crippen LogP) is 3.80. The van der Waals surface area contributed by atoms with Crippen LogP contribution in [0.25, 0.3) is 0 Å². The maximum absolute atomic E-state index is 13.8. The average Bonchev–Trinajstić information content (AvgIpc) is 2.59. The number of nitrogens with zero attached hydrogens (tertiary/aromatic N) is 2. The fraction of sp³-hybridized carbons (Fsp3) is 0.235. The first-order chi connectivity index (χ1) is 11.9. The Hall–Kier alpha value is -3.16. The second-order valence-electron chi connectivity index (χ2n) is 5.22.